The number of ketones is 3. The number of rotatable bonds is 20. The van der Waals surface area contributed by atoms with Crippen LogP contribution in [-0.2, 0) is 19.3 Å². The van der Waals surface area contributed by atoms with Gasteiger partial charge >= 0.3 is 0 Å². The van der Waals surface area contributed by atoms with E-state index < -0.39 is 0 Å². The maximum absolute atomic E-state index is 13.0. The molecule has 480 valence electrons. The van der Waals surface area contributed by atoms with Crippen LogP contribution in [0.2, 0.25) is 0 Å². The molecule has 11 aromatic rings. The Morgan fingerprint density at radius 2 is 0.796 bits per heavy atom. The maximum Gasteiger partial charge on any atom is 0.193 e. The average molecular weight is 1240 g/mol. The van der Waals surface area contributed by atoms with Crippen LogP contribution >= 0.6 is 0 Å². The van der Waals surface area contributed by atoms with Gasteiger partial charge in [-0.2, -0.15) is 0 Å². The summed E-state index contributed by atoms with van der Waals surface area (Å²) in [7, 11) is 0. The number of halogens is 1. The van der Waals surface area contributed by atoms with Crippen LogP contribution in [-0.4, -0.2) is 45.2 Å². The van der Waals surface area contributed by atoms with Crippen LogP contribution < -0.4 is 14.2 Å². The third kappa shape index (κ3) is 21.2. The molecule has 11 rings (SSSR count). The normalized spacial score (nSPS) is 10.8. The zero-order valence-corrected chi connectivity index (χ0v) is 56.2. The van der Waals surface area contributed by atoms with Crippen LogP contribution in [0.4, 0.5) is 4.39 Å². The van der Waals surface area contributed by atoms with Crippen molar-refractivity contribution in [3.8, 4) is 28.4 Å². The van der Waals surface area contributed by atoms with Crippen LogP contribution in [0.15, 0.2) is 243 Å². The van der Waals surface area contributed by atoms with Gasteiger partial charge in [0.05, 0.1) is 18.3 Å². The maximum atomic E-state index is 13.0. The summed E-state index contributed by atoms with van der Waals surface area (Å²) in [6, 6.07) is 75.2. The van der Waals surface area contributed by atoms with E-state index in [2.05, 4.69) is 118 Å². The lowest BCUT2D eigenvalue weighted by atomic mass is 9.97. The topological polar surface area (TPSA) is 96.7 Å². The molecule has 2 heterocycles. The summed E-state index contributed by atoms with van der Waals surface area (Å²) in [4.78, 5) is 41.8. The van der Waals surface area contributed by atoms with E-state index >= 15 is 0 Å². The molecule has 9 heteroatoms. The summed E-state index contributed by atoms with van der Waals surface area (Å²) in [5.41, 5.74) is 12.1. The minimum atomic E-state index is -0.344. The van der Waals surface area contributed by atoms with Crippen molar-refractivity contribution in [2.75, 3.05) is 0 Å². The molecule has 2 aromatic heterocycles. The van der Waals surface area contributed by atoms with Crippen LogP contribution in [0.1, 0.15) is 167 Å². The quantitative estimate of drug-likeness (QED) is 0.0701. The van der Waals surface area contributed by atoms with Gasteiger partial charge in [0.2, 0.25) is 0 Å². The average Bonchev–Trinajstić information content (AvgIpc) is 1.63. The highest BCUT2D eigenvalue weighted by molar-refractivity contribution is 6.11. The number of ether oxygens (including phenoxy) is 3. The molecule has 0 amide bonds. The van der Waals surface area contributed by atoms with E-state index in [0.717, 1.165) is 71.6 Å². The fraction of sp³-hybridized carbons (Fsp3) is 0.262. The SMILES string of the molecule is CC(C)Cc1ccccn1.CC(C)Oc1ccc(C(=O)c2ccccc2)cc1.CC(C)n1c2ccccc2c2ccccc21.CCCc1cc(C(=O)c2ccc(-c3ccccc3)cc2)ccc1OC(C)C.CCCc1cc(C(=O)c2ccc(F)cc2)ccc1OC(C)C. The number of nitrogens with zero attached hydrogens (tertiary/aromatic N) is 2. The van der Waals surface area contributed by atoms with Crippen molar-refractivity contribution in [1.29, 1.82) is 0 Å². The molecule has 0 aliphatic carbocycles. The van der Waals surface area contributed by atoms with Crippen molar-refractivity contribution < 1.29 is 33.0 Å². The van der Waals surface area contributed by atoms with Crippen LogP contribution in [0.3, 0.4) is 0 Å². The van der Waals surface area contributed by atoms with Gasteiger partial charge in [0.15, 0.2) is 17.3 Å². The first-order valence-electron chi connectivity index (χ1n) is 32.7. The van der Waals surface area contributed by atoms with Gasteiger partial charge in [-0.1, -0.05) is 168 Å². The molecule has 0 saturated carbocycles. The highest BCUT2D eigenvalue weighted by atomic mass is 19.1. The van der Waals surface area contributed by atoms with E-state index in [-0.39, 0.29) is 41.5 Å². The number of fused-ring (bicyclic) bond motifs is 3. The molecule has 0 radical (unpaired) electrons. The Morgan fingerprint density at radius 3 is 1.23 bits per heavy atom. The van der Waals surface area contributed by atoms with Crippen molar-refractivity contribution in [2.45, 2.75) is 140 Å². The zero-order chi connectivity index (χ0) is 66.8. The molecule has 0 atom stereocenters. The summed E-state index contributed by atoms with van der Waals surface area (Å²) in [6.45, 7) is 25.0. The Morgan fingerprint density at radius 1 is 0.409 bits per heavy atom. The predicted octanol–water partition coefficient (Wildman–Crippen LogP) is 21.5. The van der Waals surface area contributed by atoms with E-state index in [1.807, 2.05) is 175 Å². The molecule has 0 N–H and O–H groups in total. The first-order valence-corrected chi connectivity index (χ1v) is 32.7. The Hall–Kier alpha value is -9.73. The monoisotopic (exact) mass is 1240 g/mol. The Labute approximate surface area is 551 Å². The molecular weight excluding hydrogens is 1150 g/mol. The molecule has 0 aliphatic rings. The fourth-order valence-electron chi connectivity index (χ4n) is 10.6. The third-order valence-electron chi connectivity index (χ3n) is 14.8. The molecule has 0 unspecified atom stereocenters. The van der Waals surface area contributed by atoms with E-state index in [9.17, 15) is 18.8 Å². The standard InChI is InChI=1S/C25H26O2.C19H21FO2.C16H16O2.C15H15N.C9H13N/c1-4-8-22-17-23(15-16-24(22)27-18(2)3)25(26)21-13-11-20(12-14-21)19-9-6-5-7-10-19;1-4-5-15-12-16(8-11-18(15)22-13(2)3)19(21)14-6-9-17(20)10-7-14;1-12(2)18-15-10-8-14(9-11-15)16(17)13-6-4-3-5-7-13;1-11(2)16-14-9-5-3-7-12(14)13-8-4-6-10-15(13)16;1-8(2)7-9-5-3-4-6-10-9/h5-7,9-18H,4,8H2,1-3H3;6-13H,4-5H2,1-3H3;3-12H,1-2H3;3-11H,1-2H3;3-6,8H,7H2,1-2H3. The minimum Gasteiger partial charge on any atom is -0.491 e. The van der Waals surface area contributed by atoms with Crippen LogP contribution in [0.5, 0.6) is 17.2 Å². The van der Waals surface area contributed by atoms with Crippen LogP contribution in [0, 0.1) is 11.7 Å². The molecule has 0 fully saturated rings. The molecule has 93 heavy (non-hydrogen) atoms. The number of pyridine rings is 1. The summed E-state index contributed by atoms with van der Waals surface area (Å²) in [6.07, 6.45) is 7.02. The first kappa shape index (κ1) is 70.7. The van der Waals surface area contributed by atoms with E-state index in [4.69, 9.17) is 14.2 Å². The number of benzene rings is 9. The summed E-state index contributed by atoms with van der Waals surface area (Å²) in [5.74, 6) is 2.83. The number of para-hydroxylation sites is 2. The zero-order valence-electron chi connectivity index (χ0n) is 56.2. The lowest BCUT2D eigenvalue weighted by Crippen LogP contribution is -2.09. The van der Waals surface area contributed by atoms with Gasteiger partial charge in [-0.3, -0.25) is 19.4 Å². The van der Waals surface area contributed by atoms with Gasteiger partial charge in [0.25, 0.3) is 0 Å². The van der Waals surface area contributed by atoms with Gasteiger partial charge in [-0.05, 0) is 212 Å². The highest BCUT2D eigenvalue weighted by Crippen LogP contribution is 2.32. The minimum absolute atomic E-state index is 0.0340. The second-order valence-electron chi connectivity index (χ2n) is 24.4. The van der Waals surface area contributed by atoms with Gasteiger partial charge < -0.3 is 18.8 Å². The lowest BCUT2D eigenvalue weighted by Gasteiger charge is -2.15. The van der Waals surface area contributed by atoms with Crippen molar-refractivity contribution in [3.05, 3.63) is 299 Å². The van der Waals surface area contributed by atoms with Gasteiger partial charge in [0.1, 0.15) is 23.1 Å². The van der Waals surface area contributed by atoms with Crippen molar-refractivity contribution in [3.63, 3.8) is 0 Å². The smallest absolute Gasteiger partial charge is 0.193 e. The summed E-state index contributed by atoms with van der Waals surface area (Å²) in [5, 5.41) is 2.71. The van der Waals surface area contributed by atoms with E-state index in [1.165, 1.54) is 51.8 Å². The molecular formula is C84H91FN2O6. The van der Waals surface area contributed by atoms with Crippen molar-refractivity contribution in [1.82, 2.24) is 9.55 Å². The Balaban J connectivity index is 0.000000170. The number of hydrogen-bond donors (Lipinski definition) is 0. The second-order valence-corrected chi connectivity index (χ2v) is 24.4. The number of aryl methyl sites for hydroxylation is 2. The number of hydrogen-bond acceptors (Lipinski definition) is 7. The van der Waals surface area contributed by atoms with Gasteiger partial charge in [0, 0.05) is 73.1 Å². The predicted molar refractivity (Wildman–Crippen MR) is 382 cm³/mol. The van der Waals surface area contributed by atoms with E-state index in [0.29, 0.717) is 45.3 Å². The fourth-order valence-corrected chi connectivity index (χ4v) is 10.6. The Bertz CT molecular complexity index is 4030. The van der Waals surface area contributed by atoms with Crippen molar-refractivity contribution >= 4 is 39.2 Å². The largest absolute Gasteiger partial charge is 0.491 e. The summed E-state index contributed by atoms with van der Waals surface area (Å²) < 4.78 is 32.6. The first-order chi connectivity index (χ1) is 44.8. The van der Waals surface area contributed by atoms with Crippen molar-refractivity contribution in [2.24, 2.45) is 5.92 Å². The molecule has 8 nitrogen and oxygen atoms in total. The number of aromatic nitrogens is 2. The molecule has 0 bridgehead atoms. The van der Waals surface area contributed by atoms with Gasteiger partial charge in [-0.25, -0.2) is 4.39 Å². The molecule has 0 aliphatic heterocycles. The summed E-state index contributed by atoms with van der Waals surface area (Å²) >= 11 is 0. The number of carbonyl (C=O) groups excluding carboxylic acids is 3. The molecule has 9 aromatic carbocycles. The number of carbonyl (C=O) groups is 3. The van der Waals surface area contributed by atoms with Crippen LogP contribution in [0.25, 0.3) is 32.9 Å². The van der Waals surface area contributed by atoms with E-state index in [1.54, 1.807) is 18.2 Å². The van der Waals surface area contributed by atoms with Gasteiger partial charge in [-0.15, -0.1) is 0 Å². The Kier molecular flexibility index (Phi) is 27.2. The highest BCUT2D eigenvalue weighted by Gasteiger charge is 2.17. The second kappa shape index (κ2) is 35.8. The third-order valence-corrected chi connectivity index (χ3v) is 14.8. The lowest BCUT2D eigenvalue weighted by molar-refractivity contribution is 0.103. The molecule has 0 spiro atoms. The molecule has 0 saturated heterocycles.